The Morgan fingerprint density at radius 3 is 2.81 bits per heavy atom. The molecule has 3 aliphatic heterocycles. The Labute approximate surface area is 152 Å². The van der Waals surface area contributed by atoms with Crippen LogP contribution in [0.4, 0.5) is 5.69 Å². The van der Waals surface area contributed by atoms with Gasteiger partial charge in [-0.15, -0.1) is 0 Å². The van der Waals surface area contributed by atoms with Crippen LogP contribution in [0.15, 0.2) is 36.5 Å². The predicted octanol–water partition coefficient (Wildman–Crippen LogP) is 1.96. The van der Waals surface area contributed by atoms with Gasteiger partial charge in [0, 0.05) is 49.6 Å². The van der Waals surface area contributed by atoms with E-state index >= 15 is 0 Å². The SMILES string of the molecule is O=C(C1CCn2nccc2C1)N1CCC2(CC1)C(=O)Nc1ccccc12. The zero-order valence-corrected chi connectivity index (χ0v) is 14.6. The Kier molecular flexibility index (Phi) is 3.42. The number of hydrogen-bond donors (Lipinski definition) is 1. The molecule has 0 radical (unpaired) electrons. The molecule has 0 saturated carbocycles. The molecule has 1 atom stereocenters. The Morgan fingerprint density at radius 1 is 1.15 bits per heavy atom. The topological polar surface area (TPSA) is 67.2 Å². The fourth-order valence-electron chi connectivity index (χ4n) is 4.82. The van der Waals surface area contributed by atoms with Crippen LogP contribution in [0.25, 0.3) is 0 Å². The van der Waals surface area contributed by atoms with Crippen LogP contribution in [0.3, 0.4) is 0 Å². The monoisotopic (exact) mass is 350 g/mol. The van der Waals surface area contributed by atoms with E-state index in [1.165, 1.54) is 0 Å². The summed E-state index contributed by atoms with van der Waals surface area (Å²) in [6.07, 6.45) is 4.82. The van der Waals surface area contributed by atoms with Gasteiger partial charge in [0.25, 0.3) is 0 Å². The van der Waals surface area contributed by atoms with Crippen molar-refractivity contribution >= 4 is 17.5 Å². The molecule has 6 nitrogen and oxygen atoms in total. The summed E-state index contributed by atoms with van der Waals surface area (Å²) in [5.41, 5.74) is 2.71. The summed E-state index contributed by atoms with van der Waals surface area (Å²) < 4.78 is 1.99. The number of hydrogen-bond acceptors (Lipinski definition) is 3. The highest BCUT2D eigenvalue weighted by molar-refractivity contribution is 6.06. The maximum atomic E-state index is 13.0. The van der Waals surface area contributed by atoms with Crippen LogP contribution in [0.2, 0.25) is 0 Å². The molecule has 134 valence electrons. The number of rotatable bonds is 1. The van der Waals surface area contributed by atoms with Gasteiger partial charge in [0.2, 0.25) is 11.8 Å². The summed E-state index contributed by atoms with van der Waals surface area (Å²) in [7, 11) is 0. The second-order valence-corrected chi connectivity index (χ2v) is 7.64. The third-order valence-corrected chi connectivity index (χ3v) is 6.35. The molecule has 1 fully saturated rings. The standard InChI is InChI=1S/C20H22N4O2/c25-18(14-6-10-24-15(13-14)5-9-21-24)23-11-7-20(8-12-23)16-3-1-2-4-17(16)22-19(20)26/h1-5,9,14H,6-8,10-13H2,(H,22,26). The fourth-order valence-corrected chi connectivity index (χ4v) is 4.82. The molecule has 1 aromatic heterocycles. The van der Waals surface area contributed by atoms with Crippen molar-refractivity contribution in [3.63, 3.8) is 0 Å². The van der Waals surface area contributed by atoms with Crippen LogP contribution in [0.1, 0.15) is 30.5 Å². The van der Waals surface area contributed by atoms with Crippen molar-refractivity contribution in [1.82, 2.24) is 14.7 Å². The highest BCUT2D eigenvalue weighted by atomic mass is 16.2. The van der Waals surface area contributed by atoms with Crippen molar-refractivity contribution in [3.8, 4) is 0 Å². The molecular weight excluding hydrogens is 328 g/mol. The van der Waals surface area contributed by atoms with Gasteiger partial charge in [-0.05, 0) is 37.0 Å². The Hall–Kier alpha value is -2.63. The van der Waals surface area contributed by atoms with Gasteiger partial charge in [0.1, 0.15) is 0 Å². The lowest BCUT2D eigenvalue weighted by atomic mass is 9.73. The quantitative estimate of drug-likeness (QED) is 0.855. The van der Waals surface area contributed by atoms with Crippen molar-refractivity contribution in [2.75, 3.05) is 18.4 Å². The zero-order chi connectivity index (χ0) is 17.7. The fraction of sp³-hybridized carbons (Fsp3) is 0.450. The first-order valence-corrected chi connectivity index (χ1v) is 9.38. The number of para-hydroxylation sites is 1. The second-order valence-electron chi connectivity index (χ2n) is 7.64. The number of anilines is 1. The largest absolute Gasteiger partial charge is 0.342 e. The first-order valence-electron chi connectivity index (χ1n) is 9.38. The van der Waals surface area contributed by atoms with Gasteiger partial charge in [0.05, 0.1) is 5.41 Å². The van der Waals surface area contributed by atoms with Gasteiger partial charge < -0.3 is 10.2 Å². The molecule has 4 heterocycles. The molecule has 6 heteroatoms. The zero-order valence-electron chi connectivity index (χ0n) is 14.6. The number of aromatic nitrogens is 2. The number of carbonyl (C=O) groups is 2. The van der Waals surface area contributed by atoms with E-state index in [4.69, 9.17) is 0 Å². The Morgan fingerprint density at radius 2 is 1.96 bits per heavy atom. The summed E-state index contributed by atoms with van der Waals surface area (Å²) in [5.74, 6) is 0.365. The average molecular weight is 350 g/mol. The molecule has 1 aromatic carbocycles. The molecule has 2 aromatic rings. The van der Waals surface area contributed by atoms with Gasteiger partial charge in [0.15, 0.2) is 0 Å². The van der Waals surface area contributed by atoms with Gasteiger partial charge in [-0.3, -0.25) is 14.3 Å². The van der Waals surface area contributed by atoms with E-state index in [1.807, 2.05) is 46.1 Å². The van der Waals surface area contributed by atoms with Crippen LogP contribution in [-0.4, -0.2) is 39.6 Å². The second kappa shape index (κ2) is 5.69. The summed E-state index contributed by atoms with van der Waals surface area (Å²) >= 11 is 0. The highest BCUT2D eigenvalue weighted by Gasteiger charge is 2.49. The van der Waals surface area contributed by atoms with E-state index < -0.39 is 5.41 Å². The van der Waals surface area contributed by atoms with Crippen LogP contribution in [-0.2, 0) is 28.0 Å². The molecule has 0 bridgehead atoms. The number of nitrogens with zero attached hydrogens (tertiary/aromatic N) is 3. The van der Waals surface area contributed by atoms with E-state index in [0.29, 0.717) is 25.9 Å². The van der Waals surface area contributed by atoms with Crippen molar-refractivity contribution < 1.29 is 9.59 Å². The average Bonchev–Trinajstić information content (AvgIpc) is 3.25. The van der Waals surface area contributed by atoms with Crippen molar-refractivity contribution in [2.24, 2.45) is 5.92 Å². The van der Waals surface area contributed by atoms with Crippen molar-refractivity contribution in [2.45, 2.75) is 37.6 Å². The first-order chi connectivity index (χ1) is 12.7. The maximum Gasteiger partial charge on any atom is 0.235 e. The number of amides is 2. The van der Waals surface area contributed by atoms with Crippen LogP contribution < -0.4 is 5.32 Å². The summed E-state index contributed by atoms with van der Waals surface area (Å²) in [6, 6.07) is 9.95. The van der Waals surface area contributed by atoms with E-state index in [9.17, 15) is 9.59 Å². The molecular formula is C20H22N4O2. The molecule has 0 aliphatic carbocycles. The lowest BCUT2D eigenvalue weighted by Gasteiger charge is -2.39. The normalized spacial score (nSPS) is 23.5. The third-order valence-electron chi connectivity index (χ3n) is 6.35. The summed E-state index contributed by atoms with van der Waals surface area (Å²) in [5, 5.41) is 7.31. The summed E-state index contributed by atoms with van der Waals surface area (Å²) in [6.45, 7) is 2.11. The number of carbonyl (C=O) groups excluding carboxylic acids is 2. The molecule has 1 saturated heterocycles. The number of nitrogens with one attached hydrogen (secondary N) is 1. The highest BCUT2D eigenvalue weighted by Crippen LogP contribution is 2.45. The van der Waals surface area contributed by atoms with E-state index in [-0.39, 0.29) is 17.7 Å². The van der Waals surface area contributed by atoms with Gasteiger partial charge in [-0.1, -0.05) is 18.2 Å². The van der Waals surface area contributed by atoms with E-state index in [1.54, 1.807) is 0 Å². The van der Waals surface area contributed by atoms with Crippen molar-refractivity contribution in [1.29, 1.82) is 0 Å². The molecule has 1 unspecified atom stereocenters. The van der Waals surface area contributed by atoms with Crippen LogP contribution in [0, 0.1) is 5.92 Å². The molecule has 2 amide bonds. The Bertz CT molecular complexity index is 879. The lowest BCUT2D eigenvalue weighted by molar-refractivity contribution is -0.139. The third kappa shape index (κ3) is 2.21. The molecule has 26 heavy (non-hydrogen) atoms. The van der Waals surface area contributed by atoms with Crippen molar-refractivity contribution in [3.05, 3.63) is 47.8 Å². The molecule has 1 spiro atoms. The smallest absolute Gasteiger partial charge is 0.235 e. The maximum absolute atomic E-state index is 13.0. The number of likely N-dealkylation sites (tertiary alicyclic amines) is 1. The predicted molar refractivity (Wildman–Crippen MR) is 96.6 cm³/mol. The number of piperidine rings is 1. The minimum absolute atomic E-state index is 0.0398. The number of aryl methyl sites for hydroxylation is 1. The first kappa shape index (κ1) is 15.6. The van der Waals surface area contributed by atoms with Gasteiger partial charge >= 0.3 is 0 Å². The number of benzene rings is 1. The van der Waals surface area contributed by atoms with E-state index in [0.717, 1.165) is 36.3 Å². The van der Waals surface area contributed by atoms with E-state index in [2.05, 4.69) is 10.4 Å². The lowest BCUT2D eigenvalue weighted by Crippen LogP contribution is -2.50. The molecule has 3 aliphatic rings. The Balaban J connectivity index is 1.31. The summed E-state index contributed by atoms with van der Waals surface area (Å²) in [4.78, 5) is 27.6. The van der Waals surface area contributed by atoms with Gasteiger partial charge in [-0.2, -0.15) is 5.10 Å². The minimum atomic E-state index is -0.460. The van der Waals surface area contributed by atoms with Gasteiger partial charge in [-0.25, -0.2) is 0 Å². The van der Waals surface area contributed by atoms with Crippen LogP contribution in [0.5, 0.6) is 0 Å². The molecule has 5 rings (SSSR count). The molecule has 1 N–H and O–H groups in total. The number of fused-ring (bicyclic) bond motifs is 3. The van der Waals surface area contributed by atoms with Crippen LogP contribution >= 0.6 is 0 Å². The minimum Gasteiger partial charge on any atom is -0.342 e.